The molecule has 1 atom stereocenters. The standard InChI is InChI=1S/C23H17F3N2/c24-23(25,26)20-13-11-19(12-14-20)22(16-27)28-21(18-9-5-2-6-10-18)15-17-7-3-1-4-8-17/h1-14,21H,15H2/b28-22+/t21-/m1/s1. The highest BCUT2D eigenvalue weighted by molar-refractivity contribution is 6.11. The number of rotatable bonds is 5. The van der Waals surface area contributed by atoms with Crippen molar-refractivity contribution in [2.24, 2.45) is 4.99 Å². The van der Waals surface area contributed by atoms with E-state index in [0.29, 0.717) is 12.0 Å². The summed E-state index contributed by atoms with van der Waals surface area (Å²) in [6.07, 6.45) is -3.83. The van der Waals surface area contributed by atoms with E-state index in [0.717, 1.165) is 23.3 Å². The van der Waals surface area contributed by atoms with Crippen molar-refractivity contribution in [3.8, 4) is 6.07 Å². The second kappa shape index (κ2) is 8.53. The van der Waals surface area contributed by atoms with E-state index in [4.69, 9.17) is 0 Å². The van der Waals surface area contributed by atoms with Gasteiger partial charge in [0, 0.05) is 5.56 Å². The van der Waals surface area contributed by atoms with Gasteiger partial charge in [-0.15, -0.1) is 0 Å². The predicted molar refractivity (Wildman–Crippen MR) is 103 cm³/mol. The molecule has 3 rings (SSSR count). The first-order valence-corrected chi connectivity index (χ1v) is 8.72. The second-order valence-electron chi connectivity index (χ2n) is 6.28. The zero-order valence-electron chi connectivity index (χ0n) is 14.9. The van der Waals surface area contributed by atoms with E-state index in [9.17, 15) is 18.4 Å². The van der Waals surface area contributed by atoms with E-state index in [1.165, 1.54) is 12.1 Å². The molecule has 0 aromatic heterocycles. The SMILES string of the molecule is N#C/C(=N\[C@H](Cc1ccccc1)c1ccccc1)c1ccc(C(F)(F)F)cc1. The average molecular weight is 378 g/mol. The fourth-order valence-electron chi connectivity index (χ4n) is 2.89. The quantitative estimate of drug-likeness (QED) is 0.502. The highest BCUT2D eigenvalue weighted by Gasteiger charge is 2.30. The highest BCUT2D eigenvalue weighted by atomic mass is 19.4. The van der Waals surface area contributed by atoms with E-state index in [1.54, 1.807) is 0 Å². The second-order valence-corrected chi connectivity index (χ2v) is 6.28. The van der Waals surface area contributed by atoms with Crippen molar-refractivity contribution < 1.29 is 13.2 Å². The minimum Gasteiger partial charge on any atom is -0.265 e. The summed E-state index contributed by atoms with van der Waals surface area (Å²) in [5.74, 6) is 0. The molecule has 0 amide bonds. The molecular formula is C23H17F3N2. The number of nitriles is 1. The Morgan fingerprint density at radius 2 is 1.43 bits per heavy atom. The van der Waals surface area contributed by atoms with Gasteiger partial charge >= 0.3 is 6.18 Å². The third kappa shape index (κ3) is 4.86. The van der Waals surface area contributed by atoms with E-state index in [-0.39, 0.29) is 11.8 Å². The Labute approximate surface area is 161 Å². The van der Waals surface area contributed by atoms with Gasteiger partial charge in [0.2, 0.25) is 0 Å². The Kier molecular flexibility index (Phi) is 5.90. The lowest BCUT2D eigenvalue weighted by molar-refractivity contribution is -0.137. The minimum absolute atomic E-state index is 0.110. The van der Waals surface area contributed by atoms with E-state index in [1.807, 2.05) is 66.7 Å². The average Bonchev–Trinajstić information content (AvgIpc) is 2.72. The van der Waals surface area contributed by atoms with E-state index in [2.05, 4.69) is 4.99 Å². The Hall–Kier alpha value is -3.39. The molecule has 0 fully saturated rings. The zero-order chi connectivity index (χ0) is 20.0. The highest BCUT2D eigenvalue weighted by Crippen LogP contribution is 2.29. The Morgan fingerprint density at radius 1 is 0.857 bits per heavy atom. The van der Waals surface area contributed by atoms with Crippen LogP contribution in [0.25, 0.3) is 0 Å². The Bertz CT molecular complexity index is 970. The Balaban J connectivity index is 1.96. The van der Waals surface area contributed by atoms with Crippen LogP contribution >= 0.6 is 0 Å². The lowest BCUT2D eigenvalue weighted by Gasteiger charge is -2.14. The van der Waals surface area contributed by atoms with Crippen molar-refractivity contribution >= 4 is 5.71 Å². The summed E-state index contributed by atoms with van der Waals surface area (Å²) in [5.41, 5.74) is 1.72. The molecule has 3 aromatic rings. The molecule has 28 heavy (non-hydrogen) atoms. The number of hydrogen-bond acceptors (Lipinski definition) is 2. The molecule has 0 saturated heterocycles. The molecule has 0 N–H and O–H groups in total. The van der Waals surface area contributed by atoms with Crippen LogP contribution in [0.3, 0.4) is 0 Å². The molecule has 0 radical (unpaired) electrons. The van der Waals surface area contributed by atoms with Gasteiger partial charge in [-0.3, -0.25) is 4.99 Å². The van der Waals surface area contributed by atoms with Gasteiger partial charge < -0.3 is 0 Å². The summed E-state index contributed by atoms with van der Waals surface area (Å²) in [6, 6.07) is 25.5. The van der Waals surface area contributed by atoms with Crippen molar-refractivity contribution in [3.05, 3.63) is 107 Å². The first-order chi connectivity index (χ1) is 13.5. The van der Waals surface area contributed by atoms with Gasteiger partial charge in [-0.2, -0.15) is 18.4 Å². The molecule has 0 aliphatic rings. The molecule has 0 spiro atoms. The molecule has 0 unspecified atom stereocenters. The summed E-state index contributed by atoms with van der Waals surface area (Å²) in [6.45, 7) is 0. The fourth-order valence-corrected chi connectivity index (χ4v) is 2.89. The van der Waals surface area contributed by atoms with Crippen LogP contribution in [0.1, 0.15) is 28.3 Å². The molecule has 3 aromatic carbocycles. The van der Waals surface area contributed by atoms with Crippen LogP contribution in [0.4, 0.5) is 13.2 Å². The predicted octanol–water partition coefficient (Wildman–Crippen LogP) is 6.00. The summed E-state index contributed by atoms with van der Waals surface area (Å²) in [5, 5.41) is 9.57. The molecule has 0 saturated carbocycles. The van der Waals surface area contributed by atoms with E-state index >= 15 is 0 Å². The summed E-state index contributed by atoms with van der Waals surface area (Å²) < 4.78 is 38.3. The van der Waals surface area contributed by atoms with Gasteiger partial charge in [-0.05, 0) is 29.7 Å². The molecule has 0 aliphatic carbocycles. The summed E-state index contributed by atoms with van der Waals surface area (Å²) in [7, 11) is 0. The largest absolute Gasteiger partial charge is 0.416 e. The van der Waals surface area contributed by atoms with Gasteiger partial charge in [-0.1, -0.05) is 72.8 Å². The van der Waals surface area contributed by atoms with Gasteiger partial charge in [0.25, 0.3) is 0 Å². The molecule has 0 aliphatic heterocycles. The lowest BCUT2D eigenvalue weighted by atomic mass is 9.98. The number of benzene rings is 3. The van der Waals surface area contributed by atoms with Crippen LogP contribution in [0.5, 0.6) is 0 Å². The van der Waals surface area contributed by atoms with Crippen LogP contribution in [0, 0.1) is 11.3 Å². The van der Waals surface area contributed by atoms with Crippen molar-refractivity contribution in [2.45, 2.75) is 18.6 Å². The number of alkyl halides is 3. The molecule has 0 bridgehead atoms. The third-order valence-corrected chi connectivity index (χ3v) is 4.33. The summed E-state index contributed by atoms with van der Waals surface area (Å²) in [4.78, 5) is 4.60. The minimum atomic E-state index is -4.41. The molecule has 140 valence electrons. The van der Waals surface area contributed by atoms with Gasteiger partial charge in [0.15, 0.2) is 0 Å². The van der Waals surface area contributed by atoms with Crippen LogP contribution in [-0.4, -0.2) is 5.71 Å². The molecule has 2 nitrogen and oxygen atoms in total. The van der Waals surface area contributed by atoms with Crippen LogP contribution < -0.4 is 0 Å². The van der Waals surface area contributed by atoms with Crippen LogP contribution in [-0.2, 0) is 12.6 Å². The lowest BCUT2D eigenvalue weighted by Crippen LogP contribution is -2.08. The monoisotopic (exact) mass is 378 g/mol. The molecule has 0 heterocycles. The maximum Gasteiger partial charge on any atom is 0.416 e. The van der Waals surface area contributed by atoms with E-state index < -0.39 is 11.7 Å². The first kappa shape index (κ1) is 19.4. The first-order valence-electron chi connectivity index (χ1n) is 8.72. The van der Waals surface area contributed by atoms with Crippen molar-refractivity contribution in [1.29, 1.82) is 5.26 Å². The fraction of sp³-hybridized carbons (Fsp3) is 0.130. The number of nitrogens with zero attached hydrogens (tertiary/aromatic N) is 2. The maximum absolute atomic E-state index is 12.8. The maximum atomic E-state index is 12.8. The van der Waals surface area contributed by atoms with Crippen molar-refractivity contribution in [1.82, 2.24) is 0 Å². The van der Waals surface area contributed by atoms with Gasteiger partial charge in [0.05, 0.1) is 11.6 Å². The smallest absolute Gasteiger partial charge is 0.265 e. The van der Waals surface area contributed by atoms with Gasteiger partial charge in [0.1, 0.15) is 11.8 Å². The number of hydrogen-bond donors (Lipinski definition) is 0. The molecule has 5 heteroatoms. The molecular weight excluding hydrogens is 361 g/mol. The van der Waals surface area contributed by atoms with Crippen molar-refractivity contribution in [2.75, 3.05) is 0 Å². The number of halogens is 3. The van der Waals surface area contributed by atoms with Crippen LogP contribution in [0.2, 0.25) is 0 Å². The van der Waals surface area contributed by atoms with Crippen molar-refractivity contribution in [3.63, 3.8) is 0 Å². The zero-order valence-corrected chi connectivity index (χ0v) is 14.9. The van der Waals surface area contributed by atoms with Crippen LogP contribution in [0.15, 0.2) is 89.9 Å². The third-order valence-electron chi connectivity index (χ3n) is 4.33. The topological polar surface area (TPSA) is 36.1 Å². The van der Waals surface area contributed by atoms with Gasteiger partial charge in [-0.25, -0.2) is 0 Å². The number of aliphatic imine (C=N–C) groups is 1. The summed E-state index contributed by atoms with van der Waals surface area (Å²) >= 11 is 0. The normalized spacial score (nSPS) is 13.0. The Morgan fingerprint density at radius 3 is 1.96 bits per heavy atom.